The van der Waals surface area contributed by atoms with E-state index in [-0.39, 0.29) is 0 Å². The predicted molar refractivity (Wildman–Crippen MR) is 94.2 cm³/mol. The summed E-state index contributed by atoms with van der Waals surface area (Å²) in [5.74, 6) is 0. The lowest BCUT2D eigenvalue weighted by molar-refractivity contribution is 0.00694. The smallest absolute Gasteiger partial charge is 0.0647 e. The molecule has 1 N–H and O–H groups in total. The van der Waals surface area contributed by atoms with Gasteiger partial charge in [-0.2, -0.15) is 0 Å². The van der Waals surface area contributed by atoms with Crippen LogP contribution in [0.25, 0.3) is 0 Å². The van der Waals surface area contributed by atoms with Crippen LogP contribution in [0.2, 0.25) is 0 Å². The minimum Gasteiger partial charge on any atom is -0.390 e. The molecule has 2 nitrogen and oxygen atoms in total. The van der Waals surface area contributed by atoms with Crippen LogP contribution in [-0.2, 0) is 0 Å². The van der Waals surface area contributed by atoms with E-state index >= 15 is 0 Å². The molecule has 0 aliphatic heterocycles. The molecule has 0 saturated heterocycles. The Morgan fingerprint density at radius 1 is 0.714 bits per heavy atom. The van der Waals surface area contributed by atoms with Crippen molar-refractivity contribution >= 4 is 0 Å². The summed E-state index contributed by atoms with van der Waals surface area (Å²) >= 11 is 0. The molecule has 21 heavy (non-hydrogen) atoms. The number of aliphatic hydroxyl groups is 1. The van der Waals surface area contributed by atoms with Gasteiger partial charge in [-0.25, -0.2) is 0 Å². The van der Waals surface area contributed by atoms with Gasteiger partial charge in [0.2, 0.25) is 0 Å². The van der Waals surface area contributed by atoms with Crippen LogP contribution in [0.3, 0.4) is 0 Å². The third kappa shape index (κ3) is 13.3. The summed E-state index contributed by atoms with van der Waals surface area (Å²) in [5, 5.41) is 10.9. The van der Waals surface area contributed by atoms with Gasteiger partial charge in [0.15, 0.2) is 0 Å². The van der Waals surface area contributed by atoms with Crippen LogP contribution >= 0.6 is 0 Å². The molecule has 0 atom stereocenters. The molecular formula is C19H39NO. The zero-order chi connectivity index (χ0) is 16.0. The van der Waals surface area contributed by atoms with E-state index in [1.165, 1.54) is 32.1 Å². The largest absolute Gasteiger partial charge is 0.390 e. The highest BCUT2D eigenvalue weighted by Crippen LogP contribution is 2.28. The average Bonchev–Trinajstić information content (AvgIpc) is 2.45. The first kappa shape index (κ1) is 20.9. The fraction of sp³-hybridized carbons (Fsp3) is 0.895. The molecule has 0 aromatic heterocycles. The Balaban J connectivity index is 4.04. The molecule has 0 aliphatic rings. The zero-order valence-electron chi connectivity index (χ0n) is 14.7. The minimum absolute atomic E-state index is 0.422. The first-order valence-electron chi connectivity index (χ1n) is 8.99. The fourth-order valence-electron chi connectivity index (χ4n) is 2.87. The summed E-state index contributed by atoms with van der Waals surface area (Å²) in [6.07, 6.45) is 14.4. The van der Waals surface area contributed by atoms with Crippen LogP contribution in [0.5, 0.6) is 0 Å². The SMILES string of the molecule is [CH2]CCCCCC(O)(CCCCC[CH2])CCCCN(C)C. The van der Waals surface area contributed by atoms with Gasteiger partial charge in [-0.3, -0.25) is 0 Å². The van der Waals surface area contributed by atoms with E-state index in [1.54, 1.807) is 0 Å². The molecule has 0 aliphatic carbocycles. The van der Waals surface area contributed by atoms with Gasteiger partial charge in [0.05, 0.1) is 5.60 Å². The van der Waals surface area contributed by atoms with Gasteiger partial charge in [-0.05, 0) is 52.7 Å². The molecule has 0 bridgehead atoms. The molecule has 0 fully saturated rings. The molecule has 0 amide bonds. The fourth-order valence-corrected chi connectivity index (χ4v) is 2.87. The van der Waals surface area contributed by atoms with Gasteiger partial charge in [0, 0.05) is 0 Å². The maximum Gasteiger partial charge on any atom is 0.0647 e. The molecule has 0 spiro atoms. The van der Waals surface area contributed by atoms with E-state index < -0.39 is 5.60 Å². The second kappa shape index (κ2) is 13.6. The highest BCUT2D eigenvalue weighted by molar-refractivity contribution is 4.78. The van der Waals surface area contributed by atoms with Crippen molar-refractivity contribution in [2.75, 3.05) is 20.6 Å². The van der Waals surface area contributed by atoms with Crippen molar-refractivity contribution < 1.29 is 5.11 Å². The third-order valence-corrected chi connectivity index (χ3v) is 4.28. The number of rotatable bonds is 15. The van der Waals surface area contributed by atoms with Crippen LogP contribution in [0.15, 0.2) is 0 Å². The molecule has 0 aromatic rings. The third-order valence-electron chi connectivity index (χ3n) is 4.28. The Morgan fingerprint density at radius 3 is 1.52 bits per heavy atom. The summed E-state index contributed by atoms with van der Waals surface area (Å²) < 4.78 is 0. The van der Waals surface area contributed by atoms with Gasteiger partial charge < -0.3 is 10.0 Å². The van der Waals surface area contributed by atoms with E-state index in [0.29, 0.717) is 0 Å². The maximum absolute atomic E-state index is 10.9. The van der Waals surface area contributed by atoms with Gasteiger partial charge >= 0.3 is 0 Å². The van der Waals surface area contributed by atoms with Gasteiger partial charge in [0.1, 0.15) is 0 Å². The summed E-state index contributed by atoms with van der Waals surface area (Å²) in [4.78, 5) is 2.22. The summed E-state index contributed by atoms with van der Waals surface area (Å²) in [5.41, 5.74) is -0.422. The van der Waals surface area contributed by atoms with Crippen molar-refractivity contribution in [3.05, 3.63) is 13.8 Å². The van der Waals surface area contributed by atoms with Crippen molar-refractivity contribution in [2.24, 2.45) is 0 Å². The Kier molecular flexibility index (Phi) is 13.5. The van der Waals surface area contributed by atoms with Crippen LogP contribution in [0.4, 0.5) is 0 Å². The van der Waals surface area contributed by atoms with Crippen molar-refractivity contribution in [3.63, 3.8) is 0 Å². The Hall–Kier alpha value is -0.0800. The summed E-state index contributed by atoms with van der Waals surface area (Å²) in [7, 11) is 4.23. The highest BCUT2D eigenvalue weighted by atomic mass is 16.3. The van der Waals surface area contributed by atoms with Crippen LogP contribution in [0.1, 0.15) is 83.5 Å². The molecule has 0 unspecified atom stereocenters. The van der Waals surface area contributed by atoms with E-state index in [4.69, 9.17) is 0 Å². The first-order chi connectivity index (χ1) is 10.0. The highest BCUT2D eigenvalue weighted by Gasteiger charge is 2.25. The maximum atomic E-state index is 10.9. The Labute approximate surface area is 134 Å². The molecule has 0 heterocycles. The number of nitrogens with zero attached hydrogens (tertiary/aromatic N) is 1. The van der Waals surface area contributed by atoms with Crippen LogP contribution in [0, 0.1) is 13.8 Å². The second-order valence-corrected chi connectivity index (χ2v) is 6.81. The quantitative estimate of drug-likeness (QED) is 0.429. The normalized spacial score (nSPS) is 12.3. The molecule has 126 valence electrons. The van der Waals surface area contributed by atoms with Crippen molar-refractivity contribution in [1.82, 2.24) is 4.90 Å². The average molecular weight is 298 g/mol. The standard InChI is InChI=1S/C19H39NO/c1-5-7-9-11-15-19(21,16-12-10-8-6-2)17-13-14-18-20(3)4/h21H,1-2,5-18H2,3-4H3. The molecule has 0 saturated carbocycles. The lowest BCUT2D eigenvalue weighted by atomic mass is 9.85. The van der Waals surface area contributed by atoms with Gasteiger partial charge in [0.25, 0.3) is 0 Å². The van der Waals surface area contributed by atoms with E-state index in [1.807, 2.05) is 0 Å². The summed E-state index contributed by atoms with van der Waals surface area (Å²) in [6.45, 7) is 8.91. The van der Waals surface area contributed by atoms with Crippen LogP contribution < -0.4 is 0 Å². The Morgan fingerprint density at radius 2 is 1.14 bits per heavy atom. The number of hydrogen-bond donors (Lipinski definition) is 1. The molecular weight excluding hydrogens is 258 g/mol. The van der Waals surface area contributed by atoms with Crippen molar-refractivity contribution in [2.45, 2.75) is 89.1 Å². The zero-order valence-corrected chi connectivity index (χ0v) is 14.7. The number of unbranched alkanes of at least 4 members (excludes halogenated alkanes) is 7. The topological polar surface area (TPSA) is 23.5 Å². The van der Waals surface area contributed by atoms with E-state index in [2.05, 4.69) is 32.8 Å². The summed E-state index contributed by atoms with van der Waals surface area (Å²) in [6, 6.07) is 0. The lowest BCUT2D eigenvalue weighted by Crippen LogP contribution is -2.29. The monoisotopic (exact) mass is 297 g/mol. The van der Waals surface area contributed by atoms with E-state index in [9.17, 15) is 5.11 Å². The second-order valence-electron chi connectivity index (χ2n) is 6.81. The van der Waals surface area contributed by atoms with Crippen LogP contribution in [-0.4, -0.2) is 36.2 Å². The van der Waals surface area contributed by atoms with E-state index in [0.717, 1.165) is 57.9 Å². The molecule has 0 rings (SSSR count). The minimum atomic E-state index is -0.422. The van der Waals surface area contributed by atoms with Gasteiger partial charge in [-0.1, -0.05) is 65.2 Å². The first-order valence-corrected chi connectivity index (χ1v) is 8.99. The molecule has 2 radical (unpaired) electrons. The lowest BCUT2D eigenvalue weighted by Gasteiger charge is -2.29. The Bertz CT molecular complexity index is 204. The number of hydrogen-bond acceptors (Lipinski definition) is 2. The molecule has 2 heteroatoms. The predicted octanol–water partition coefficient (Wildman–Crippen LogP) is 5.02. The van der Waals surface area contributed by atoms with Crippen molar-refractivity contribution in [1.29, 1.82) is 0 Å². The van der Waals surface area contributed by atoms with Crippen molar-refractivity contribution in [3.8, 4) is 0 Å². The van der Waals surface area contributed by atoms with Gasteiger partial charge in [-0.15, -0.1) is 0 Å². The molecule has 0 aromatic carbocycles.